The highest BCUT2D eigenvalue weighted by molar-refractivity contribution is 7.87. The number of ether oxygens (including phenoxy) is 3. The lowest BCUT2D eigenvalue weighted by Crippen LogP contribution is -2.34. The van der Waals surface area contributed by atoms with E-state index >= 15 is 0 Å². The zero-order valence-electron chi connectivity index (χ0n) is 18.8. The van der Waals surface area contributed by atoms with Gasteiger partial charge in [-0.25, -0.2) is 0 Å². The second kappa shape index (κ2) is 19.5. The molecular weight excluding hydrogens is 428 g/mol. The normalized spacial score (nSPS) is 12.6. The molecule has 0 fully saturated rings. The van der Waals surface area contributed by atoms with Crippen LogP contribution < -0.4 is 0 Å². The van der Waals surface area contributed by atoms with Crippen LogP contribution in [0.3, 0.4) is 0 Å². The lowest BCUT2D eigenvalue weighted by molar-refractivity contribution is -0.148. The number of esters is 1. The molecule has 0 radical (unpaired) electrons. The number of carbonyl (C=O) groups excluding carboxylic acids is 1. The smallest absolute Gasteiger partial charge is 0.327 e. The highest BCUT2D eigenvalue weighted by Crippen LogP contribution is 2.11. The van der Waals surface area contributed by atoms with Gasteiger partial charge in [-0.15, -0.1) is 0 Å². The Hall–Kier alpha value is -1.23. The molecular formula is C21H40O9S. The molecule has 2 N–H and O–H groups in total. The maximum absolute atomic E-state index is 11.6. The first kappa shape index (κ1) is 29.8. The van der Waals surface area contributed by atoms with Crippen molar-refractivity contribution >= 4 is 22.1 Å². The van der Waals surface area contributed by atoms with E-state index in [0.717, 1.165) is 12.8 Å². The SMILES string of the molecule is CCCCCCCCCCCCCOCCOCCOC(=O)C(CC(=O)O)S(=O)(=O)O. The molecule has 0 spiro atoms. The lowest BCUT2D eigenvalue weighted by atomic mass is 10.1. The van der Waals surface area contributed by atoms with Gasteiger partial charge in [0.1, 0.15) is 6.61 Å². The van der Waals surface area contributed by atoms with Gasteiger partial charge in [-0.1, -0.05) is 71.1 Å². The summed E-state index contributed by atoms with van der Waals surface area (Å²) < 4.78 is 46.3. The fourth-order valence-corrected chi connectivity index (χ4v) is 3.62. The number of carboxylic acids is 1. The molecule has 10 heteroatoms. The molecule has 0 saturated carbocycles. The summed E-state index contributed by atoms with van der Waals surface area (Å²) in [7, 11) is -4.85. The maximum Gasteiger partial charge on any atom is 0.327 e. The fourth-order valence-electron chi connectivity index (χ4n) is 2.95. The Kier molecular flexibility index (Phi) is 18.7. The van der Waals surface area contributed by atoms with Crippen molar-refractivity contribution in [3.8, 4) is 0 Å². The molecule has 0 aliphatic carbocycles. The van der Waals surface area contributed by atoms with Crippen molar-refractivity contribution in [3.63, 3.8) is 0 Å². The monoisotopic (exact) mass is 468 g/mol. The minimum absolute atomic E-state index is 0.0127. The van der Waals surface area contributed by atoms with E-state index in [1.165, 1.54) is 57.8 Å². The molecule has 184 valence electrons. The summed E-state index contributed by atoms with van der Waals surface area (Å²) in [4.78, 5) is 22.2. The molecule has 1 unspecified atom stereocenters. The Morgan fingerprint density at radius 1 is 0.742 bits per heavy atom. The zero-order valence-corrected chi connectivity index (χ0v) is 19.6. The Morgan fingerprint density at radius 3 is 1.68 bits per heavy atom. The number of hydrogen-bond donors (Lipinski definition) is 2. The van der Waals surface area contributed by atoms with E-state index in [-0.39, 0.29) is 13.2 Å². The quantitative estimate of drug-likeness (QED) is 0.139. The van der Waals surface area contributed by atoms with Crippen molar-refractivity contribution in [2.75, 3.05) is 33.0 Å². The second-order valence-electron chi connectivity index (χ2n) is 7.53. The van der Waals surface area contributed by atoms with E-state index in [4.69, 9.17) is 19.1 Å². The minimum Gasteiger partial charge on any atom is -0.481 e. The second-order valence-corrected chi connectivity index (χ2v) is 9.13. The molecule has 0 saturated heterocycles. The van der Waals surface area contributed by atoms with Crippen LogP contribution in [0.1, 0.15) is 84.0 Å². The van der Waals surface area contributed by atoms with E-state index in [0.29, 0.717) is 19.8 Å². The molecule has 0 rings (SSSR count). The van der Waals surface area contributed by atoms with Gasteiger partial charge in [-0.2, -0.15) is 8.42 Å². The first-order valence-electron chi connectivity index (χ1n) is 11.3. The molecule has 0 amide bonds. The number of hydrogen-bond acceptors (Lipinski definition) is 7. The van der Waals surface area contributed by atoms with Crippen LogP contribution in [0.4, 0.5) is 0 Å². The van der Waals surface area contributed by atoms with E-state index in [1.807, 2.05) is 0 Å². The van der Waals surface area contributed by atoms with Gasteiger partial charge in [0.25, 0.3) is 10.1 Å². The van der Waals surface area contributed by atoms with Gasteiger partial charge >= 0.3 is 11.9 Å². The molecule has 0 aliphatic rings. The van der Waals surface area contributed by atoms with Gasteiger partial charge in [0.2, 0.25) is 0 Å². The Balaban J connectivity index is 3.46. The maximum atomic E-state index is 11.6. The van der Waals surface area contributed by atoms with E-state index in [2.05, 4.69) is 11.7 Å². The van der Waals surface area contributed by atoms with Crippen molar-refractivity contribution in [1.29, 1.82) is 0 Å². The summed E-state index contributed by atoms with van der Waals surface area (Å²) >= 11 is 0. The van der Waals surface area contributed by atoms with Crippen LogP contribution >= 0.6 is 0 Å². The zero-order chi connectivity index (χ0) is 23.4. The topological polar surface area (TPSA) is 136 Å². The van der Waals surface area contributed by atoms with Gasteiger partial charge in [-0.3, -0.25) is 14.1 Å². The van der Waals surface area contributed by atoms with Crippen LogP contribution in [0.15, 0.2) is 0 Å². The first-order valence-corrected chi connectivity index (χ1v) is 12.8. The van der Waals surface area contributed by atoms with Gasteiger partial charge in [0, 0.05) is 6.61 Å². The molecule has 0 aromatic rings. The summed E-state index contributed by atoms with van der Waals surface area (Å²) in [6.45, 7) is 3.36. The minimum atomic E-state index is -4.85. The lowest BCUT2D eigenvalue weighted by Gasteiger charge is -2.11. The van der Waals surface area contributed by atoms with Crippen molar-refractivity contribution in [2.24, 2.45) is 0 Å². The van der Waals surface area contributed by atoms with Crippen molar-refractivity contribution in [2.45, 2.75) is 89.2 Å². The number of aliphatic carboxylic acids is 1. The molecule has 1 atom stereocenters. The number of rotatable bonds is 22. The van der Waals surface area contributed by atoms with Crippen molar-refractivity contribution < 1.29 is 41.9 Å². The van der Waals surface area contributed by atoms with Gasteiger partial charge in [-0.05, 0) is 6.42 Å². The van der Waals surface area contributed by atoms with Crippen LogP contribution in [0.2, 0.25) is 0 Å². The molecule has 9 nitrogen and oxygen atoms in total. The van der Waals surface area contributed by atoms with Crippen LogP contribution in [0.5, 0.6) is 0 Å². The van der Waals surface area contributed by atoms with E-state index in [1.54, 1.807) is 0 Å². The molecule has 0 heterocycles. The highest BCUT2D eigenvalue weighted by atomic mass is 32.2. The average Bonchev–Trinajstić information content (AvgIpc) is 2.70. The predicted octanol–water partition coefficient (Wildman–Crippen LogP) is 3.60. The third-order valence-electron chi connectivity index (χ3n) is 4.72. The van der Waals surface area contributed by atoms with Crippen LogP contribution in [-0.2, 0) is 33.9 Å². The summed E-state index contributed by atoms with van der Waals surface area (Å²) in [5.41, 5.74) is 0. The standard InChI is InChI=1S/C21H40O9S/c1-2-3-4-5-6-7-8-9-10-11-12-13-28-14-15-29-16-17-30-21(24)19(18-20(22)23)31(25,26)27/h19H,2-18H2,1H3,(H,22,23)(H,25,26,27). The first-order chi connectivity index (χ1) is 14.8. The van der Waals surface area contributed by atoms with Gasteiger partial charge in [0.15, 0.2) is 5.25 Å². The summed E-state index contributed by atoms with van der Waals surface area (Å²) in [6.07, 6.45) is 13.0. The third kappa shape index (κ3) is 19.2. The molecule has 31 heavy (non-hydrogen) atoms. The van der Waals surface area contributed by atoms with E-state index in [9.17, 15) is 18.0 Å². The number of carbonyl (C=O) groups is 2. The molecule has 0 aliphatic heterocycles. The van der Waals surface area contributed by atoms with Crippen LogP contribution in [-0.4, -0.2) is 68.3 Å². The summed E-state index contributed by atoms with van der Waals surface area (Å²) in [6, 6.07) is 0. The van der Waals surface area contributed by atoms with Crippen molar-refractivity contribution in [1.82, 2.24) is 0 Å². The molecule has 0 bridgehead atoms. The molecule has 0 aromatic heterocycles. The van der Waals surface area contributed by atoms with Crippen LogP contribution in [0, 0.1) is 0 Å². The Labute approximate surface area is 186 Å². The number of unbranched alkanes of at least 4 members (excludes halogenated alkanes) is 10. The Morgan fingerprint density at radius 2 is 1.19 bits per heavy atom. The van der Waals surface area contributed by atoms with Crippen LogP contribution in [0.25, 0.3) is 0 Å². The molecule has 0 aromatic carbocycles. The Bertz CT molecular complexity index is 563. The van der Waals surface area contributed by atoms with Gasteiger partial charge in [0.05, 0.1) is 26.2 Å². The van der Waals surface area contributed by atoms with E-state index < -0.39 is 33.7 Å². The predicted molar refractivity (Wildman–Crippen MR) is 117 cm³/mol. The highest BCUT2D eigenvalue weighted by Gasteiger charge is 2.34. The largest absolute Gasteiger partial charge is 0.481 e. The number of carboxylic acid groups (broad SMARTS) is 1. The van der Waals surface area contributed by atoms with Crippen molar-refractivity contribution in [3.05, 3.63) is 0 Å². The summed E-state index contributed by atoms with van der Waals surface area (Å²) in [5.74, 6) is -2.85. The van der Waals surface area contributed by atoms with Gasteiger partial charge < -0.3 is 19.3 Å². The summed E-state index contributed by atoms with van der Waals surface area (Å²) in [5, 5.41) is 6.46. The fraction of sp³-hybridized carbons (Fsp3) is 0.905. The average molecular weight is 469 g/mol. The third-order valence-corrected chi connectivity index (χ3v) is 5.80.